The fourth-order valence-electron chi connectivity index (χ4n) is 1.71. The molecule has 0 radical (unpaired) electrons. The third-order valence-electron chi connectivity index (χ3n) is 2.72. The van der Waals surface area contributed by atoms with Crippen molar-refractivity contribution >= 4 is 40.2 Å². The lowest BCUT2D eigenvalue weighted by molar-refractivity contribution is 0.102. The van der Waals surface area contributed by atoms with Crippen molar-refractivity contribution in [3.05, 3.63) is 57.6 Å². The zero-order valence-corrected chi connectivity index (χ0v) is 13.1. The van der Waals surface area contributed by atoms with Gasteiger partial charge in [-0.3, -0.25) is 4.79 Å². The molecule has 0 spiro atoms. The van der Waals surface area contributed by atoms with Crippen molar-refractivity contribution in [2.75, 3.05) is 5.32 Å². The van der Waals surface area contributed by atoms with E-state index in [-0.39, 0.29) is 17.0 Å². The van der Waals surface area contributed by atoms with Crippen molar-refractivity contribution in [3.63, 3.8) is 0 Å². The van der Waals surface area contributed by atoms with Gasteiger partial charge in [0.05, 0.1) is 16.7 Å². The maximum atomic E-state index is 12.2. The summed E-state index contributed by atoms with van der Waals surface area (Å²) in [6, 6.07) is 13.5. The van der Waals surface area contributed by atoms with E-state index < -0.39 is 0 Å². The maximum absolute atomic E-state index is 12.2. The van der Waals surface area contributed by atoms with Crippen LogP contribution in [0.2, 0.25) is 0 Å². The second-order valence-corrected chi connectivity index (χ2v) is 5.50. The summed E-state index contributed by atoms with van der Waals surface area (Å²) in [6.45, 7) is 0. The molecule has 0 unspecified atom stereocenters. The number of carbonyl (C=O) groups excluding carboxylic acids is 1. The molecule has 2 aromatic carbocycles. The second-order valence-electron chi connectivity index (χ2n) is 4.10. The highest BCUT2D eigenvalue weighted by Gasteiger charge is 2.11. The minimum atomic E-state index is -0.332. The molecule has 0 aliphatic rings. The molecule has 0 saturated carbocycles. The second kappa shape index (κ2) is 6.45. The van der Waals surface area contributed by atoms with Crippen molar-refractivity contribution in [2.45, 2.75) is 4.90 Å². The number of nitriles is 2. The minimum absolute atomic E-state index is 0.220. The number of nitrogens with one attached hydrogen (secondary N) is 1. The third kappa shape index (κ3) is 3.43. The van der Waals surface area contributed by atoms with Crippen molar-refractivity contribution < 1.29 is 4.79 Å². The van der Waals surface area contributed by atoms with Crippen LogP contribution in [-0.2, 0) is 0 Å². The molecule has 0 saturated heterocycles. The van der Waals surface area contributed by atoms with E-state index in [0.717, 1.165) is 4.47 Å². The Labute approximate surface area is 135 Å². The Morgan fingerprint density at radius 3 is 2.43 bits per heavy atom. The molecule has 0 atom stereocenters. The molecular formula is C15H8BrN3OS. The molecule has 0 aliphatic heterocycles. The maximum Gasteiger partial charge on any atom is 0.256 e. The molecule has 2 rings (SSSR count). The average Bonchev–Trinajstić information content (AvgIpc) is 2.46. The minimum Gasteiger partial charge on any atom is -0.322 e. The van der Waals surface area contributed by atoms with Gasteiger partial charge in [0.15, 0.2) is 0 Å². The molecule has 0 aliphatic carbocycles. The SMILES string of the molecule is N#Cc1ccc(NC(=O)c2ccc(Br)cc2S)cc1C#N. The standard InChI is InChI=1S/C15H8BrN3OS/c16-11-2-4-13(14(21)6-11)15(20)19-12-3-1-9(7-17)10(5-12)8-18/h1-6,21H,(H,19,20). The van der Waals surface area contributed by atoms with Crippen molar-refractivity contribution in [1.82, 2.24) is 0 Å². The number of nitrogens with zero attached hydrogens (tertiary/aromatic N) is 2. The highest BCUT2D eigenvalue weighted by atomic mass is 79.9. The van der Waals surface area contributed by atoms with Crippen molar-refractivity contribution in [1.29, 1.82) is 10.5 Å². The molecule has 0 fully saturated rings. The Hall–Kier alpha value is -2.28. The first kappa shape index (κ1) is 15.1. The van der Waals surface area contributed by atoms with Gasteiger partial charge in [-0.15, -0.1) is 12.6 Å². The van der Waals surface area contributed by atoms with Gasteiger partial charge in [-0.1, -0.05) is 15.9 Å². The molecular weight excluding hydrogens is 350 g/mol. The van der Waals surface area contributed by atoms with Crippen LogP contribution in [0.3, 0.4) is 0 Å². The topological polar surface area (TPSA) is 76.7 Å². The lowest BCUT2D eigenvalue weighted by Crippen LogP contribution is -2.12. The Bertz CT molecular complexity index is 806. The number of carbonyl (C=O) groups is 1. The van der Waals surface area contributed by atoms with E-state index >= 15 is 0 Å². The number of hydrogen-bond donors (Lipinski definition) is 2. The third-order valence-corrected chi connectivity index (χ3v) is 3.59. The molecule has 2 aromatic rings. The summed E-state index contributed by atoms with van der Waals surface area (Å²) in [5.41, 5.74) is 1.36. The van der Waals surface area contributed by atoms with Crippen LogP contribution in [0.4, 0.5) is 5.69 Å². The van der Waals surface area contributed by atoms with E-state index in [1.165, 1.54) is 12.1 Å². The predicted octanol–water partition coefficient (Wildman–Crippen LogP) is 3.73. The quantitative estimate of drug-likeness (QED) is 0.803. The Kier molecular flexibility index (Phi) is 4.64. The van der Waals surface area contributed by atoms with Gasteiger partial charge in [0.25, 0.3) is 5.91 Å². The van der Waals surface area contributed by atoms with E-state index in [1.54, 1.807) is 24.3 Å². The normalized spacial score (nSPS) is 9.52. The van der Waals surface area contributed by atoms with Gasteiger partial charge in [0.2, 0.25) is 0 Å². The first-order valence-electron chi connectivity index (χ1n) is 5.79. The molecule has 0 heterocycles. The van der Waals surface area contributed by atoms with Crippen molar-refractivity contribution in [2.24, 2.45) is 0 Å². The van der Waals surface area contributed by atoms with Gasteiger partial charge in [0.1, 0.15) is 12.1 Å². The number of hydrogen-bond acceptors (Lipinski definition) is 4. The smallest absolute Gasteiger partial charge is 0.256 e. The largest absolute Gasteiger partial charge is 0.322 e. The summed E-state index contributed by atoms with van der Waals surface area (Å²) in [6.07, 6.45) is 0. The summed E-state index contributed by atoms with van der Waals surface area (Å²) in [5.74, 6) is -0.332. The Morgan fingerprint density at radius 2 is 1.81 bits per heavy atom. The van der Waals surface area contributed by atoms with Crippen LogP contribution in [-0.4, -0.2) is 5.91 Å². The lowest BCUT2D eigenvalue weighted by Gasteiger charge is -2.08. The molecule has 1 N–H and O–H groups in total. The van der Waals surface area contributed by atoms with E-state index in [4.69, 9.17) is 10.5 Å². The number of thiol groups is 1. The zero-order valence-electron chi connectivity index (χ0n) is 10.6. The van der Waals surface area contributed by atoms with Gasteiger partial charge in [-0.05, 0) is 36.4 Å². The van der Waals surface area contributed by atoms with Crippen molar-refractivity contribution in [3.8, 4) is 12.1 Å². The average molecular weight is 358 g/mol. The molecule has 0 bridgehead atoms. The highest BCUT2D eigenvalue weighted by Crippen LogP contribution is 2.22. The fraction of sp³-hybridized carbons (Fsp3) is 0. The van der Waals surface area contributed by atoms with E-state index in [0.29, 0.717) is 16.1 Å². The highest BCUT2D eigenvalue weighted by molar-refractivity contribution is 9.10. The predicted molar refractivity (Wildman–Crippen MR) is 85.2 cm³/mol. The molecule has 6 heteroatoms. The molecule has 4 nitrogen and oxygen atoms in total. The summed E-state index contributed by atoms with van der Waals surface area (Å²) in [7, 11) is 0. The molecule has 102 valence electrons. The molecule has 0 aromatic heterocycles. The van der Waals surface area contributed by atoms with Crippen LogP contribution in [0.15, 0.2) is 45.8 Å². The zero-order chi connectivity index (χ0) is 15.4. The van der Waals surface area contributed by atoms with Gasteiger partial charge in [-0.25, -0.2) is 0 Å². The fourth-order valence-corrected chi connectivity index (χ4v) is 2.56. The Morgan fingerprint density at radius 1 is 1.10 bits per heavy atom. The van der Waals surface area contributed by atoms with Gasteiger partial charge in [-0.2, -0.15) is 10.5 Å². The number of anilines is 1. The summed E-state index contributed by atoms with van der Waals surface area (Å²) in [4.78, 5) is 12.7. The van der Waals surface area contributed by atoms with Crippen LogP contribution >= 0.6 is 28.6 Å². The van der Waals surface area contributed by atoms with Gasteiger partial charge < -0.3 is 5.32 Å². The Balaban J connectivity index is 2.28. The monoisotopic (exact) mass is 357 g/mol. The van der Waals surface area contributed by atoms with E-state index in [2.05, 4.69) is 33.9 Å². The van der Waals surface area contributed by atoms with E-state index in [1.807, 2.05) is 12.1 Å². The van der Waals surface area contributed by atoms with Crippen LogP contribution in [0, 0.1) is 22.7 Å². The summed E-state index contributed by atoms with van der Waals surface area (Å²) < 4.78 is 0.828. The van der Waals surface area contributed by atoms with Crippen LogP contribution in [0.1, 0.15) is 21.5 Å². The number of benzene rings is 2. The van der Waals surface area contributed by atoms with Crippen LogP contribution < -0.4 is 5.32 Å². The molecule has 21 heavy (non-hydrogen) atoms. The molecule has 1 amide bonds. The number of amides is 1. The van der Waals surface area contributed by atoms with E-state index in [9.17, 15) is 4.79 Å². The number of halogens is 1. The van der Waals surface area contributed by atoms with Gasteiger partial charge in [0, 0.05) is 15.1 Å². The first-order chi connectivity index (χ1) is 10.0. The lowest BCUT2D eigenvalue weighted by atomic mass is 10.1. The summed E-state index contributed by atoms with van der Waals surface area (Å²) >= 11 is 7.56. The van der Waals surface area contributed by atoms with Gasteiger partial charge >= 0.3 is 0 Å². The first-order valence-corrected chi connectivity index (χ1v) is 7.03. The van der Waals surface area contributed by atoms with Crippen LogP contribution in [0.25, 0.3) is 0 Å². The summed E-state index contributed by atoms with van der Waals surface area (Å²) in [5, 5.41) is 20.5. The number of rotatable bonds is 2. The van der Waals surface area contributed by atoms with Crippen LogP contribution in [0.5, 0.6) is 0 Å².